The number of anilines is 2. The van der Waals surface area contributed by atoms with Gasteiger partial charge in [0.05, 0.1) is 33.9 Å². The second kappa shape index (κ2) is 8.87. The van der Waals surface area contributed by atoms with Crippen LogP contribution in [0.25, 0.3) is 10.6 Å². The Kier molecular flexibility index (Phi) is 6.02. The van der Waals surface area contributed by atoms with E-state index in [1.807, 2.05) is 13.8 Å². The second-order valence-electron chi connectivity index (χ2n) is 9.01. The predicted octanol–water partition coefficient (Wildman–Crippen LogP) is 5.68. The lowest BCUT2D eigenvalue weighted by Crippen LogP contribution is -2.40. The highest BCUT2D eigenvalue weighted by atomic mass is 32.1. The molecule has 1 atom stereocenters. The molecule has 38 heavy (non-hydrogen) atoms. The number of carboxylic acid groups (broad SMARTS) is 1. The maximum absolute atomic E-state index is 13.5. The minimum absolute atomic E-state index is 0.0859. The van der Waals surface area contributed by atoms with Crippen molar-refractivity contribution >= 4 is 46.4 Å². The monoisotopic (exact) mass is 563 g/mol. The first-order valence-corrected chi connectivity index (χ1v) is 12.9. The van der Waals surface area contributed by atoms with E-state index in [1.165, 1.54) is 39.4 Å². The van der Waals surface area contributed by atoms with Crippen molar-refractivity contribution in [2.45, 2.75) is 38.5 Å². The second-order valence-corrected chi connectivity index (χ2v) is 10.9. The summed E-state index contributed by atoms with van der Waals surface area (Å²) in [5.74, 6) is -0.169. The van der Waals surface area contributed by atoms with E-state index in [-0.39, 0.29) is 22.7 Å². The van der Waals surface area contributed by atoms with Crippen molar-refractivity contribution in [3.63, 3.8) is 0 Å². The Morgan fingerprint density at radius 2 is 1.95 bits per heavy atom. The number of thiazole rings is 1. The van der Waals surface area contributed by atoms with Crippen LogP contribution in [-0.2, 0) is 18.8 Å². The fourth-order valence-electron chi connectivity index (χ4n) is 4.47. The van der Waals surface area contributed by atoms with Gasteiger partial charge in [-0.2, -0.15) is 23.2 Å². The molecular weight excluding hydrogens is 543 g/mol. The average molecular weight is 564 g/mol. The number of rotatable bonds is 5. The molecule has 1 aliphatic rings. The molecule has 0 saturated carbocycles. The van der Waals surface area contributed by atoms with Crippen molar-refractivity contribution in [3.8, 4) is 10.6 Å². The molecule has 4 aromatic heterocycles. The molecule has 0 aromatic carbocycles. The lowest BCUT2D eigenvalue weighted by Gasteiger charge is -2.36. The molecule has 1 N–H and O–H groups in total. The van der Waals surface area contributed by atoms with Crippen LogP contribution in [0, 0.1) is 0 Å². The fourth-order valence-corrected chi connectivity index (χ4v) is 6.56. The van der Waals surface area contributed by atoms with Gasteiger partial charge >= 0.3 is 12.3 Å². The number of alkyl halides is 3. The SMILES string of the molecule is CC(c1nc(C(F)(F)F)cs1)N1C(=O)c2cc(-c3ccnc(N(C(=O)O)c4ccnn4C)n3)sc2C1(C)C. The Hall–Kier alpha value is -3.85. The smallest absolute Gasteiger partial charge is 0.434 e. The highest BCUT2D eigenvalue weighted by Crippen LogP contribution is 2.49. The van der Waals surface area contributed by atoms with E-state index < -0.39 is 29.5 Å². The maximum atomic E-state index is 13.5. The zero-order valence-electron chi connectivity index (χ0n) is 20.4. The molecule has 0 bridgehead atoms. The van der Waals surface area contributed by atoms with Crippen LogP contribution < -0.4 is 4.90 Å². The lowest BCUT2D eigenvalue weighted by molar-refractivity contribution is -0.140. The van der Waals surface area contributed by atoms with Crippen molar-refractivity contribution in [2.75, 3.05) is 4.90 Å². The third kappa shape index (κ3) is 4.11. The molecule has 1 aliphatic heterocycles. The van der Waals surface area contributed by atoms with Crippen LogP contribution in [0.3, 0.4) is 0 Å². The minimum Gasteiger partial charge on any atom is -0.464 e. The maximum Gasteiger partial charge on any atom is 0.434 e. The lowest BCUT2D eigenvalue weighted by atomic mass is 10.0. The molecule has 10 nitrogen and oxygen atoms in total. The molecule has 0 fully saturated rings. The minimum atomic E-state index is -4.56. The molecule has 0 spiro atoms. The Balaban J connectivity index is 1.48. The van der Waals surface area contributed by atoms with Gasteiger partial charge in [-0.05, 0) is 32.9 Å². The summed E-state index contributed by atoms with van der Waals surface area (Å²) in [5.41, 5.74) is -0.986. The van der Waals surface area contributed by atoms with Crippen molar-refractivity contribution in [2.24, 2.45) is 7.05 Å². The normalized spacial score (nSPS) is 15.6. The molecule has 198 valence electrons. The van der Waals surface area contributed by atoms with Crippen molar-refractivity contribution in [1.29, 1.82) is 0 Å². The number of carbonyl (C=O) groups excluding carboxylic acids is 1. The van der Waals surface area contributed by atoms with Crippen LogP contribution in [0.2, 0.25) is 0 Å². The Morgan fingerprint density at radius 1 is 1.21 bits per heavy atom. The van der Waals surface area contributed by atoms with Gasteiger partial charge in [0, 0.05) is 29.6 Å². The summed E-state index contributed by atoms with van der Waals surface area (Å²) in [7, 11) is 1.59. The Bertz CT molecular complexity index is 1560. The summed E-state index contributed by atoms with van der Waals surface area (Å²) in [6.45, 7) is 5.31. The van der Waals surface area contributed by atoms with Gasteiger partial charge in [-0.25, -0.2) is 19.7 Å². The van der Waals surface area contributed by atoms with Gasteiger partial charge in [-0.15, -0.1) is 22.7 Å². The Morgan fingerprint density at radius 3 is 2.53 bits per heavy atom. The number of hydrogen-bond acceptors (Lipinski definition) is 8. The molecule has 5 heterocycles. The van der Waals surface area contributed by atoms with Crippen molar-refractivity contribution in [1.82, 2.24) is 29.6 Å². The van der Waals surface area contributed by atoms with Crippen LogP contribution in [-0.4, -0.2) is 46.7 Å². The molecule has 0 radical (unpaired) electrons. The van der Waals surface area contributed by atoms with E-state index in [0.29, 0.717) is 16.1 Å². The Labute approximate surface area is 222 Å². The molecule has 5 rings (SSSR count). The zero-order valence-corrected chi connectivity index (χ0v) is 22.0. The predicted molar refractivity (Wildman–Crippen MR) is 133 cm³/mol. The van der Waals surface area contributed by atoms with E-state index in [4.69, 9.17) is 0 Å². The molecule has 2 amide bonds. The highest BCUT2D eigenvalue weighted by molar-refractivity contribution is 7.16. The number of thiophene rings is 1. The van der Waals surface area contributed by atoms with E-state index in [0.717, 1.165) is 26.5 Å². The summed E-state index contributed by atoms with van der Waals surface area (Å²) in [5, 5.41) is 14.9. The number of amides is 2. The van der Waals surface area contributed by atoms with Gasteiger partial charge in [0.25, 0.3) is 5.91 Å². The van der Waals surface area contributed by atoms with E-state index >= 15 is 0 Å². The molecule has 1 unspecified atom stereocenters. The number of fused-ring (bicyclic) bond motifs is 1. The van der Waals surface area contributed by atoms with Gasteiger partial charge in [0.2, 0.25) is 5.95 Å². The molecule has 15 heteroatoms. The topological polar surface area (TPSA) is 117 Å². The number of aromatic nitrogens is 5. The average Bonchev–Trinajstić information content (AvgIpc) is 3.61. The first kappa shape index (κ1) is 25.8. The summed E-state index contributed by atoms with van der Waals surface area (Å²) < 4.78 is 40.6. The quantitative estimate of drug-likeness (QED) is 0.332. The van der Waals surface area contributed by atoms with Gasteiger partial charge in [-0.1, -0.05) is 0 Å². The highest BCUT2D eigenvalue weighted by Gasteiger charge is 2.48. The third-order valence-corrected chi connectivity index (χ3v) is 8.69. The van der Waals surface area contributed by atoms with Gasteiger partial charge in [-0.3, -0.25) is 9.48 Å². The zero-order chi connectivity index (χ0) is 27.6. The van der Waals surface area contributed by atoms with Crippen LogP contribution in [0.4, 0.5) is 29.7 Å². The summed E-state index contributed by atoms with van der Waals surface area (Å²) >= 11 is 2.17. The van der Waals surface area contributed by atoms with Crippen LogP contribution >= 0.6 is 22.7 Å². The van der Waals surface area contributed by atoms with Crippen molar-refractivity contribution in [3.05, 3.63) is 57.1 Å². The van der Waals surface area contributed by atoms with Gasteiger partial charge in [0.1, 0.15) is 10.8 Å². The molecule has 0 aliphatic carbocycles. The number of aryl methyl sites for hydroxylation is 1. The van der Waals surface area contributed by atoms with Gasteiger partial charge in [0.15, 0.2) is 5.69 Å². The first-order valence-electron chi connectivity index (χ1n) is 11.2. The standard InChI is InChI=1S/C23H20F3N7O3S2/c1-11(18-30-15(10-37-18)23(24,25)26)33-19(34)12-9-14(38-17(12)22(33,2)3)13-5-7-27-20(29-13)32(21(35)36)16-6-8-28-31(16)4/h5-11H,1-4H3,(H,35,36). The summed E-state index contributed by atoms with van der Waals surface area (Å²) in [4.78, 5) is 41.6. The fraction of sp³-hybridized carbons (Fsp3) is 0.304. The third-order valence-electron chi connectivity index (χ3n) is 6.21. The molecular formula is C23H20F3N7O3S2. The summed E-state index contributed by atoms with van der Waals surface area (Å²) in [6.07, 6.45) is -2.97. The summed E-state index contributed by atoms with van der Waals surface area (Å²) in [6, 6.07) is 4.11. The van der Waals surface area contributed by atoms with E-state index in [9.17, 15) is 27.9 Å². The van der Waals surface area contributed by atoms with E-state index in [2.05, 4.69) is 20.1 Å². The number of nitrogens with zero attached hydrogens (tertiary/aromatic N) is 7. The molecule has 4 aromatic rings. The van der Waals surface area contributed by atoms with Crippen LogP contribution in [0.15, 0.2) is 36.0 Å². The molecule has 0 saturated heterocycles. The largest absolute Gasteiger partial charge is 0.464 e. The number of hydrogen-bond donors (Lipinski definition) is 1. The van der Waals surface area contributed by atoms with Crippen molar-refractivity contribution < 1.29 is 27.9 Å². The number of carbonyl (C=O) groups is 2. The first-order chi connectivity index (χ1) is 17.8. The van der Waals surface area contributed by atoms with E-state index in [1.54, 1.807) is 26.1 Å². The van der Waals surface area contributed by atoms with Crippen LogP contribution in [0.1, 0.15) is 52.7 Å². The van der Waals surface area contributed by atoms with Crippen LogP contribution in [0.5, 0.6) is 0 Å². The number of halogens is 3. The van der Waals surface area contributed by atoms with Gasteiger partial charge < -0.3 is 10.0 Å².